The van der Waals surface area contributed by atoms with Crippen LogP contribution in [0.1, 0.15) is 0 Å². The average molecular weight is 348 g/mol. The number of hydrogen-bond donors (Lipinski definition) is 1. The number of carbonyl (C=O) groups excluding carboxylic acids is 1. The molecule has 0 saturated heterocycles. The van der Waals surface area contributed by atoms with E-state index in [2.05, 4.69) is 10.3 Å². The van der Waals surface area contributed by atoms with Crippen molar-refractivity contribution in [3.63, 3.8) is 0 Å². The number of halogens is 1. The van der Waals surface area contributed by atoms with Gasteiger partial charge in [0, 0.05) is 24.8 Å². The Morgan fingerprint density at radius 2 is 1.83 bits per heavy atom. The molecule has 124 valence electrons. The van der Waals surface area contributed by atoms with Gasteiger partial charge < -0.3 is 9.88 Å². The van der Waals surface area contributed by atoms with Crippen molar-refractivity contribution in [1.29, 1.82) is 0 Å². The fraction of sp³-hybridized carbons (Fsp3) is 0.200. The number of rotatable bonds is 3. The van der Waals surface area contributed by atoms with Crippen LogP contribution in [0.25, 0.3) is 11.2 Å². The summed E-state index contributed by atoms with van der Waals surface area (Å²) in [5, 5.41) is 3.28. The summed E-state index contributed by atoms with van der Waals surface area (Å²) < 4.78 is 3.67. The zero-order valence-electron chi connectivity index (χ0n) is 13.0. The van der Waals surface area contributed by atoms with E-state index in [1.165, 1.54) is 29.6 Å². The standard InChI is InChI=1S/C15H14ClN5O3/c1-19-13-12(14(23)20(2)15(19)24)21(8-17-13)7-11(22)18-10-5-3-9(16)4-6-10/h3-6,8H,7H2,1-2H3,(H,18,22). The molecule has 1 aromatic carbocycles. The Kier molecular flexibility index (Phi) is 3.98. The van der Waals surface area contributed by atoms with Crippen LogP contribution in [0.3, 0.4) is 0 Å². The van der Waals surface area contributed by atoms with Gasteiger partial charge in [0.2, 0.25) is 5.91 Å². The molecule has 0 bridgehead atoms. The van der Waals surface area contributed by atoms with Crippen LogP contribution in [0.5, 0.6) is 0 Å². The molecule has 0 fully saturated rings. The Labute approximate surface area is 140 Å². The largest absolute Gasteiger partial charge is 0.332 e. The zero-order chi connectivity index (χ0) is 17.4. The van der Waals surface area contributed by atoms with Crippen molar-refractivity contribution in [2.45, 2.75) is 6.54 Å². The number of benzene rings is 1. The molecule has 1 amide bonds. The number of amides is 1. The van der Waals surface area contributed by atoms with E-state index in [1.54, 1.807) is 24.3 Å². The van der Waals surface area contributed by atoms with Gasteiger partial charge in [-0.3, -0.25) is 18.7 Å². The summed E-state index contributed by atoms with van der Waals surface area (Å²) in [6.45, 7) is -0.105. The summed E-state index contributed by atoms with van der Waals surface area (Å²) in [6.07, 6.45) is 1.37. The van der Waals surface area contributed by atoms with Gasteiger partial charge in [-0.25, -0.2) is 9.78 Å². The first-order valence-electron chi connectivity index (χ1n) is 7.04. The fourth-order valence-corrected chi connectivity index (χ4v) is 2.53. The highest BCUT2D eigenvalue weighted by Crippen LogP contribution is 2.13. The van der Waals surface area contributed by atoms with Crippen LogP contribution in [0.4, 0.5) is 5.69 Å². The van der Waals surface area contributed by atoms with Crippen molar-refractivity contribution < 1.29 is 4.79 Å². The molecule has 0 aliphatic carbocycles. The van der Waals surface area contributed by atoms with Crippen LogP contribution in [0.2, 0.25) is 5.02 Å². The average Bonchev–Trinajstić information content (AvgIpc) is 2.96. The Morgan fingerprint density at radius 1 is 1.17 bits per heavy atom. The van der Waals surface area contributed by atoms with Crippen LogP contribution in [-0.4, -0.2) is 24.6 Å². The Hall–Kier alpha value is -2.87. The Bertz CT molecular complexity index is 1050. The lowest BCUT2D eigenvalue weighted by atomic mass is 10.3. The maximum atomic E-state index is 12.3. The van der Waals surface area contributed by atoms with E-state index in [1.807, 2.05) is 0 Å². The summed E-state index contributed by atoms with van der Waals surface area (Å²) in [4.78, 5) is 40.4. The maximum Gasteiger partial charge on any atom is 0.332 e. The van der Waals surface area contributed by atoms with E-state index < -0.39 is 11.2 Å². The molecule has 0 radical (unpaired) electrons. The summed E-state index contributed by atoms with van der Waals surface area (Å²) in [5.74, 6) is -0.326. The van der Waals surface area contributed by atoms with Gasteiger partial charge in [0.1, 0.15) is 6.54 Å². The topological polar surface area (TPSA) is 90.9 Å². The summed E-state index contributed by atoms with van der Waals surface area (Å²) >= 11 is 5.80. The molecule has 0 aliphatic rings. The Balaban J connectivity index is 1.93. The van der Waals surface area contributed by atoms with Crippen LogP contribution in [0.15, 0.2) is 40.2 Å². The van der Waals surface area contributed by atoms with E-state index in [0.717, 1.165) is 4.57 Å². The molecule has 0 spiro atoms. The number of aromatic nitrogens is 4. The number of hydrogen-bond acceptors (Lipinski definition) is 4. The predicted octanol–water partition coefficient (Wildman–Crippen LogP) is 0.726. The normalized spacial score (nSPS) is 11.0. The lowest BCUT2D eigenvalue weighted by Crippen LogP contribution is -2.37. The summed E-state index contributed by atoms with van der Waals surface area (Å²) in [7, 11) is 2.91. The van der Waals surface area contributed by atoms with Gasteiger partial charge in [0.15, 0.2) is 11.2 Å². The summed E-state index contributed by atoms with van der Waals surface area (Å²) in [6, 6.07) is 6.68. The molecular weight excluding hydrogens is 334 g/mol. The van der Waals surface area contributed by atoms with Crippen molar-refractivity contribution in [3.05, 3.63) is 56.5 Å². The molecule has 0 unspecified atom stereocenters. The molecule has 8 nitrogen and oxygen atoms in total. The van der Waals surface area contributed by atoms with Gasteiger partial charge in [-0.15, -0.1) is 0 Å². The molecule has 3 aromatic rings. The number of anilines is 1. The van der Waals surface area contributed by atoms with E-state index in [9.17, 15) is 14.4 Å². The molecular formula is C15H14ClN5O3. The smallest absolute Gasteiger partial charge is 0.325 e. The van der Waals surface area contributed by atoms with Crippen molar-refractivity contribution >= 4 is 34.4 Å². The van der Waals surface area contributed by atoms with E-state index in [0.29, 0.717) is 10.7 Å². The second kappa shape index (κ2) is 5.97. The first kappa shape index (κ1) is 16.0. The zero-order valence-corrected chi connectivity index (χ0v) is 13.7. The second-order valence-corrected chi connectivity index (χ2v) is 5.74. The van der Waals surface area contributed by atoms with Crippen molar-refractivity contribution in [2.75, 3.05) is 5.32 Å². The van der Waals surface area contributed by atoms with Gasteiger partial charge in [0.05, 0.1) is 6.33 Å². The van der Waals surface area contributed by atoms with Crippen LogP contribution in [0, 0.1) is 0 Å². The van der Waals surface area contributed by atoms with Crippen molar-refractivity contribution in [2.24, 2.45) is 14.1 Å². The van der Waals surface area contributed by atoms with Crippen molar-refractivity contribution in [1.82, 2.24) is 18.7 Å². The van der Waals surface area contributed by atoms with Gasteiger partial charge >= 0.3 is 5.69 Å². The number of fused-ring (bicyclic) bond motifs is 1. The molecule has 0 saturated carbocycles. The van der Waals surface area contributed by atoms with E-state index in [-0.39, 0.29) is 23.6 Å². The number of nitrogens with zero attached hydrogens (tertiary/aromatic N) is 4. The molecule has 0 atom stereocenters. The monoisotopic (exact) mass is 347 g/mol. The minimum atomic E-state index is -0.495. The highest BCUT2D eigenvalue weighted by atomic mass is 35.5. The van der Waals surface area contributed by atoms with Crippen LogP contribution < -0.4 is 16.6 Å². The van der Waals surface area contributed by atoms with Crippen LogP contribution >= 0.6 is 11.6 Å². The molecule has 0 aliphatic heterocycles. The number of aryl methyl sites for hydroxylation is 1. The first-order chi connectivity index (χ1) is 11.4. The first-order valence-corrected chi connectivity index (χ1v) is 7.42. The Morgan fingerprint density at radius 3 is 2.50 bits per heavy atom. The molecule has 24 heavy (non-hydrogen) atoms. The molecule has 3 rings (SSSR count). The van der Waals surface area contributed by atoms with Gasteiger partial charge in [-0.1, -0.05) is 11.6 Å². The van der Waals surface area contributed by atoms with E-state index >= 15 is 0 Å². The highest BCUT2D eigenvalue weighted by Gasteiger charge is 2.15. The van der Waals surface area contributed by atoms with Gasteiger partial charge in [-0.2, -0.15) is 0 Å². The number of nitrogens with one attached hydrogen (secondary N) is 1. The van der Waals surface area contributed by atoms with Crippen molar-refractivity contribution in [3.8, 4) is 0 Å². The van der Waals surface area contributed by atoms with Crippen LogP contribution in [-0.2, 0) is 25.4 Å². The third-order valence-corrected chi connectivity index (χ3v) is 3.91. The highest BCUT2D eigenvalue weighted by molar-refractivity contribution is 6.30. The second-order valence-electron chi connectivity index (χ2n) is 5.31. The summed E-state index contributed by atoms with van der Waals surface area (Å²) in [5.41, 5.74) is 0.0654. The lowest BCUT2D eigenvalue weighted by Gasteiger charge is -2.08. The molecule has 9 heteroatoms. The molecule has 2 aromatic heterocycles. The third-order valence-electron chi connectivity index (χ3n) is 3.66. The SMILES string of the molecule is Cn1c(=O)c2c(ncn2CC(=O)Nc2ccc(Cl)cc2)n(C)c1=O. The minimum absolute atomic E-state index is 0.105. The maximum absolute atomic E-state index is 12.3. The number of carbonyl (C=O) groups is 1. The number of imidazole rings is 1. The third kappa shape index (κ3) is 2.71. The van der Waals surface area contributed by atoms with Gasteiger partial charge in [-0.05, 0) is 24.3 Å². The predicted molar refractivity (Wildman–Crippen MR) is 90.3 cm³/mol. The van der Waals surface area contributed by atoms with E-state index in [4.69, 9.17) is 11.6 Å². The van der Waals surface area contributed by atoms with Gasteiger partial charge in [0.25, 0.3) is 5.56 Å². The fourth-order valence-electron chi connectivity index (χ4n) is 2.41. The quantitative estimate of drug-likeness (QED) is 0.756. The molecule has 1 N–H and O–H groups in total. The molecule has 2 heterocycles. The minimum Gasteiger partial charge on any atom is -0.325 e. The lowest BCUT2D eigenvalue weighted by molar-refractivity contribution is -0.116.